The van der Waals surface area contributed by atoms with Crippen molar-refractivity contribution < 1.29 is 14.0 Å². The molecule has 2 fully saturated rings. The van der Waals surface area contributed by atoms with Crippen molar-refractivity contribution in [2.24, 2.45) is 11.8 Å². The van der Waals surface area contributed by atoms with Gasteiger partial charge in [-0.3, -0.25) is 9.59 Å². The van der Waals surface area contributed by atoms with E-state index in [0.29, 0.717) is 24.9 Å². The van der Waals surface area contributed by atoms with E-state index in [1.165, 1.54) is 19.3 Å². The summed E-state index contributed by atoms with van der Waals surface area (Å²) in [4.78, 5) is 26.7. The molecule has 0 radical (unpaired) electrons. The van der Waals surface area contributed by atoms with Gasteiger partial charge in [-0.15, -0.1) is 0 Å². The molecule has 28 heavy (non-hydrogen) atoms. The number of rotatable bonds is 9. The Balaban J connectivity index is 1.44. The third-order valence-corrected chi connectivity index (χ3v) is 5.95. The minimum Gasteiger partial charge on any atom is -0.461 e. The maximum atomic E-state index is 12.5. The van der Waals surface area contributed by atoms with Crippen molar-refractivity contribution in [2.75, 3.05) is 19.6 Å². The van der Waals surface area contributed by atoms with Crippen molar-refractivity contribution in [3.63, 3.8) is 0 Å². The molecule has 0 aromatic carbocycles. The molecule has 154 valence electrons. The van der Waals surface area contributed by atoms with Gasteiger partial charge in [0.15, 0.2) is 0 Å². The molecule has 2 aliphatic rings. The zero-order valence-electron chi connectivity index (χ0n) is 17.3. The van der Waals surface area contributed by atoms with E-state index in [9.17, 15) is 9.59 Å². The number of unbranched alkanes of at least 4 members (excludes halogenated alkanes) is 3. The first-order valence-corrected chi connectivity index (χ1v) is 10.9. The highest BCUT2D eigenvalue weighted by atomic mass is 16.3. The smallest absolute Gasteiger partial charge is 0.246 e. The Kier molecular flexibility index (Phi) is 7.35. The largest absolute Gasteiger partial charge is 0.461 e. The fourth-order valence-corrected chi connectivity index (χ4v) is 3.93. The quantitative estimate of drug-likeness (QED) is 0.507. The predicted molar refractivity (Wildman–Crippen MR) is 111 cm³/mol. The SMILES string of the molecule is CCCCCCNC(=O)C1CCCN(C(=O)/C=C/c2ccc(C3CC3C)o2)C1. The number of piperidine rings is 1. The number of carbonyl (C=O) groups is 2. The van der Waals surface area contributed by atoms with Gasteiger partial charge in [0.1, 0.15) is 11.5 Å². The van der Waals surface area contributed by atoms with Crippen molar-refractivity contribution in [3.05, 3.63) is 29.7 Å². The van der Waals surface area contributed by atoms with Crippen molar-refractivity contribution in [1.29, 1.82) is 0 Å². The molecule has 0 spiro atoms. The molecule has 1 saturated carbocycles. The van der Waals surface area contributed by atoms with E-state index in [1.807, 2.05) is 12.1 Å². The van der Waals surface area contributed by atoms with Crippen LogP contribution >= 0.6 is 0 Å². The highest BCUT2D eigenvalue weighted by Crippen LogP contribution is 2.47. The molecule has 0 bridgehead atoms. The van der Waals surface area contributed by atoms with Gasteiger partial charge in [0.2, 0.25) is 11.8 Å². The molecule has 2 heterocycles. The number of nitrogens with zero attached hydrogens (tertiary/aromatic N) is 1. The van der Waals surface area contributed by atoms with Crippen LogP contribution in [0.4, 0.5) is 0 Å². The summed E-state index contributed by atoms with van der Waals surface area (Å²) in [6, 6.07) is 3.94. The Morgan fingerprint density at radius 3 is 2.86 bits per heavy atom. The van der Waals surface area contributed by atoms with Gasteiger partial charge < -0.3 is 14.6 Å². The van der Waals surface area contributed by atoms with Crippen LogP contribution in [0, 0.1) is 11.8 Å². The van der Waals surface area contributed by atoms with E-state index >= 15 is 0 Å². The number of hydrogen-bond donors (Lipinski definition) is 1. The summed E-state index contributed by atoms with van der Waals surface area (Å²) in [5.74, 6) is 2.94. The van der Waals surface area contributed by atoms with Gasteiger partial charge in [-0.1, -0.05) is 33.1 Å². The lowest BCUT2D eigenvalue weighted by Gasteiger charge is -2.31. The lowest BCUT2D eigenvalue weighted by molar-refractivity contribution is -0.132. The van der Waals surface area contributed by atoms with Crippen molar-refractivity contribution in [3.8, 4) is 0 Å². The van der Waals surface area contributed by atoms with E-state index in [1.54, 1.807) is 17.1 Å². The standard InChI is InChI=1S/C23H34N2O3/c1-3-4-5-6-13-24-23(27)18-8-7-14-25(16-18)22(26)12-10-19-9-11-21(28-19)20-15-17(20)2/h9-12,17-18,20H,3-8,13-16H2,1-2H3,(H,24,27)/b12-10+. The maximum Gasteiger partial charge on any atom is 0.246 e. The molecule has 1 saturated heterocycles. The van der Waals surface area contributed by atoms with Crippen molar-refractivity contribution >= 4 is 17.9 Å². The number of nitrogens with one attached hydrogen (secondary N) is 1. The van der Waals surface area contributed by atoms with Gasteiger partial charge >= 0.3 is 0 Å². The van der Waals surface area contributed by atoms with Crippen LogP contribution in [0.1, 0.15) is 76.2 Å². The third-order valence-electron chi connectivity index (χ3n) is 5.95. The summed E-state index contributed by atoms with van der Waals surface area (Å²) in [6.07, 6.45) is 10.8. The van der Waals surface area contributed by atoms with Crippen LogP contribution in [0.3, 0.4) is 0 Å². The first-order chi connectivity index (χ1) is 13.6. The normalized spacial score (nSPS) is 24.5. The van der Waals surface area contributed by atoms with E-state index in [2.05, 4.69) is 19.2 Å². The second-order valence-electron chi connectivity index (χ2n) is 8.37. The van der Waals surface area contributed by atoms with Gasteiger partial charge in [-0.05, 0) is 49.8 Å². The minimum atomic E-state index is -0.0937. The van der Waals surface area contributed by atoms with Gasteiger partial charge in [0.05, 0.1) is 5.92 Å². The van der Waals surface area contributed by atoms with Gasteiger partial charge in [-0.2, -0.15) is 0 Å². The lowest BCUT2D eigenvalue weighted by atomic mass is 9.97. The molecule has 1 aliphatic heterocycles. The van der Waals surface area contributed by atoms with Crippen LogP contribution in [-0.4, -0.2) is 36.3 Å². The molecule has 5 heteroatoms. The summed E-state index contributed by atoms with van der Waals surface area (Å²) < 4.78 is 5.83. The van der Waals surface area contributed by atoms with Crippen LogP contribution < -0.4 is 5.32 Å². The van der Waals surface area contributed by atoms with E-state index < -0.39 is 0 Å². The molecule has 1 N–H and O–H groups in total. The molecule has 2 amide bonds. The number of hydrogen-bond acceptors (Lipinski definition) is 3. The zero-order chi connectivity index (χ0) is 19.9. The van der Waals surface area contributed by atoms with Crippen molar-refractivity contribution in [1.82, 2.24) is 10.2 Å². The first kappa shape index (κ1) is 20.7. The van der Waals surface area contributed by atoms with Crippen LogP contribution in [-0.2, 0) is 9.59 Å². The molecule has 3 rings (SSSR count). The highest BCUT2D eigenvalue weighted by molar-refractivity contribution is 5.92. The second kappa shape index (κ2) is 9.94. The molecule has 1 aromatic rings. The Morgan fingerprint density at radius 1 is 1.29 bits per heavy atom. The van der Waals surface area contributed by atoms with Crippen LogP contribution in [0.2, 0.25) is 0 Å². The summed E-state index contributed by atoms with van der Waals surface area (Å²) in [7, 11) is 0. The Hall–Kier alpha value is -2.04. The predicted octanol–water partition coefficient (Wildman–Crippen LogP) is 4.35. The fraction of sp³-hybridized carbons (Fsp3) is 0.652. The first-order valence-electron chi connectivity index (χ1n) is 10.9. The van der Waals surface area contributed by atoms with Gasteiger partial charge in [0.25, 0.3) is 0 Å². The average molecular weight is 387 g/mol. The van der Waals surface area contributed by atoms with Crippen molar-refractivity contribution in [2.45, 2.75) is 64.7 Å². The number of furan rings is 1. The van der Waals surface area contributed by atoms with Gasteiger partial charge in [-0.25, -0.2) is 0 Å². The van der Waals surface area contributed by atoms with Gasteiger partial charge in [0, 0.05) is 31.6 Å². The summed E-state index contributed by atoms with van der Waals surface area (Å²) in [5.41, 5.74) is 0. The zero-order valence-corrected chi connectivity index (χ0v) is 17.3. The molecule has 1 aromatic heterocycles. The lowest BCUT2D eigenvalue weighted by Crippen LogP contribution is -2.45. The second-order valence-corrected chi connectivity index (χ2v) is 8.37. The highest BCUT2D eigenvalue weighted by Gasteiger charge is 2.36. The Bertz CT molecular complexity index is 694. The summed E-state index contributed by atoms with van der Waals surface area (Å²) in [6.45, 7) is 6.36. The number of likely N-dealkylation sites (tertiary alicyclic amines) is 1. The molecule has 3 unspecified atom stereocenters. The number of carbonyl (C=O) groups excluding carboxylic acids is 2. The topological polar surface area (TPSA) is 62.6 Å². The molecule has 1 aliphatic carbocycles. The monoisotopic (exact) mass is 386 g/mol. The van der Waals surface area contributed by atoms with E-state index in [0.717, 1.165) is 43.7 Å². The molecule has 3 atom stereocenters. The van der Waals surface area contributed by atoms with E-state index in [-0.39, 0.29) is 17.7 Å². The minimum absolute atomic E-state index is 0.0433. The Labute approximate surface area is 168 Å². The fourth-order valence-electron chi connectivity index (χ4n) is 3.93. The summed E-state index contributed by atoms with van der Waals surface area (Å²) >= 11 is 0. The summed E-state index contributed by atoms with van der Waals surface area (Å²) in [5, 5.41) is 3.04. The average Bonchev–Trinajstić information content (AvgIpc) is 3.25. The molecular weight excluding hydrogens is 352 g/mol. The van der Waals surface area contributed by atoms with Crippen LogP contribution in [0.5, 0.6) is 0 Å². The molecule has 5 nitrogen and oxygen atoms in total. The molecular formula is C23H34N2O3. The Morgan fingerprint density at radius 2 is 2.11 bits per heavy atom. The van der Waals surface area contributed by atoms with Crippen LogP contribution in [0.25, 0.3) is 6.08 Å². The number of amides is 2. The maximum absolute atomic E-state index is 12.5. The van der Waals surface area contributed by atoms with Crippen LogP contribution in [0.15, 0.2) is 22.6 Å². The van der Waals surface area contributed by atoms with E-state index in [4.69, 9.17) is 4.42 Å². The third kappa shape index (κ3) is 5.73.